The van der Waals surface area contributed by atoms with Gasteiger partial charge in [0.2, 0.25) is 10.0 Å². The van der Waals surface area contributed by atoms with Crippen LogP contribution in [0.15, 0.2) is 58.8 Å². The van der Waals surface area contributed by atoms with Crippen molar-refractivity contribution in [3.63, 3.8) is 0 Å². The number of rotatable bonds is 10. The highest BCUT2D eigenvalue weighted by Crippen LogP contribution is 2.18. The molecule has 0 saturated heterocycles. The third-order valence-corrected chi connectivity index (χ3v) is 6.58. The molecular weight excluding hydrogens is 457 g/mol. The molecule has 0 aliphatic carbocycles. The zero-order valence-corrected chi connectivity index (χ0v) is 19.0. The summed E-state index contributed by atoms with van der Waals surface area (Å²) in [6.45, 7) is 2.09. The van der Waals surface area contributed by atoms with Gasteiger partial charge < -0.3 is 14.8 Å². The molecule has 1 aromatic heterocycles. The number of benzene rings is 2. The number of thiazole rings is 1. The van der Waals surface area contributed by atoms with Crippen LogP contribution in [0.1, 0.15) is 22.4 Å². The van der Waals surface area contributed by atoms with Gasteiger partial charge in [0, 0.05) is 24.2 Å². The Hall–Kier alpha value is -2.86. The second-order valence-corrected chi connectivity index (χ2v) is 9.48. The van der Waals surface area contributed by atoms with Gasteiger partial charge in [-0.15, -0.1) is 11.3 Å². The Morgan fingerprint density at radius 1 is 1.16 bits per heavy atom. The van der Waals surface area contributed by atoms with Crippen LogP contribution in [-0.2, 0) is 21.4 Å². The van der Waals surface area contributed by atoms with Crippen molar-refractivity contribution in [2.45, 2.75) is 24.5 Å². The molecular formula is C21H22FN3O5S2. The molecule has 0 bridgehead atoms. The Morgan fingerprint density at radius 2 is 1.84 bits per heavy atom. The third-order valence-electron chi connectivity index (χ3n) is 4.16. The van der Waals surface area contributed by atoms with E-state index in [1.807, 2.05) is 0 Å². The predicted molar refractivity (Wildman–Crippen MR) is 119 cm³/mol. The molecule has 11 heteroatoms. The van der Waals surface area contributed by atoms with Gasteiger partial charge >= 0.3 is 0 Å². The first-order chi connectivity index (χ1) is 15.3. The summed E-state index contributed by atoms with van der Waals surface area (Å²) in [4.78, 5) is 16.8. The van der Waals surface area contributed by atoms with Crippen LogP contribution in [0.2, 0.25) is 0 Å². The van der Waals surface area contributed by atoms with E-state index in [9.17, 15) is 17.6 Å². The van der Waals surface area contributed by atoms with Crippen LogP contribution in [0, 0.1) is 5.82 Å². The smallest absolute Gasteiger partial charge is 0.275 e. The average molecular weight is 480 g/mol. The maximum atomic E-state index is 12.9. The molecule has 3 rings (SSSR count). The van der Waals surface area contributed by atoms with Crippen molar-refractivity contribution in [1.29, 1.82) is 0 Å². The van der Waals surface area contributed by atoms with Gasteiger partial charge in [-0.2, -0.15) is 0 Å². The standard InChI is InChI=1S/C21H22FN3O5S2/c1-14(11-29-2)25-32(27,28)18-9-5-16(6-10-18)23-21(26)19-13-31-20(24-19)12-30-17-7-3-15(22)4-8-17/h3-10,13-14,25H,11-12H2,1-2H3,(H,23,26)/t14-/m0/s1. The van der Waals surface area contributed by atoms with Gasteiger partial charge in [0.25, 0.3) is 5.91 Å². The second-order valence-electron chi connectivity index (χ2n) is 6.83. The summed E-state index contributed by atoms with van der Waals surface area (Å²) in [7, 11) is -2.20. The van der Waals surface area contributed by atoms with E-state index in [4.69, 9.17) is 9.47 Å². The van der Waals surface area contributed by atoms with Crippen LogP contribution in [0.4, 0.5) is 10.1 Å². The lowest BCUT2D eigenvalue weighted by Gasteiger charge is -2.13. The first-order valence-corrected chi connectivity index (χ1v) is 11.9. The summed E-state index contributed by atoms with van der Waals surface area (Å²) < 4.78 is 50.6. The van der Waals surface area contributed by atoms with E-state index in [0.29, 0.717) is 16.4 Å². The average Bonchev–Trinajstić information content (AvgIpc) is 3.23. The van der Waals surface area contributed by atoms with Gasteiger partial charge in [0.05, 0.1) is 11.5 Å². The van der Waals surface area contributed by atoms with Gasteiger partial charge in [-0.25, -0.2) is 22.5 Å². The molecule has 3 aromatic rings. The normalized spacial score (nSPS) is 12.3. The van der Waals surface area contributed by atoms with Crippen molar-refractivity contribution in [2.24, 2.45) is 0 Å². The molecule has 0 saturated carbocycles. The fourth-order valence-corrected chi connectivity index (χ4v) is 4.60. The number of ether oxygens (including phenoxy) is 2. The van der Waals surface area contributed by atoms with Gasteiger partial charge in [0.15, 0.2) is 0 Å². The van der Waals surface area contributed by atoms with Crippen molar-refractivity contribution in [1.82, 2.24) is 9.71 Å². The molecule has 170 valence electrons. The van der Waals surface area contributed by atoms with Gasteiger partial charge in [-0.1, -0.05) is 0 Å². The molecule has 2 N–H and O–H groups in total. The van der Waals surface area contributed by atoms with E-state index in [-0.39, 0.29) is 35.7 Å². The Morgan fingerprint density at radius 3 is 2.50 bits per heavy atom. The van der Waals surface area contributed by atoms with E-state index in [1.165, 1.54) is 67.0 Å². The SMILES string of the molecule is COC[C@H](C)NS(=O)(=O)c1ccc(NC(=O)c2csc(COc3ccc(F)cc3)n2)cc1. The first-order valence-electron chi connectivity index (χ1n) is 9.52. The second kappa shape index (κ2) is 10.6. The molecule has 1 amide bonds. The molecule has 0 fully saturated rings. The predicted octanol–water partition coefficient (Wildman–Crippen LogP) is 3.43. The van der Waals surface area contributed by atoms with Crippen LogP contribution in [0.25, 0.3) is 0 Å². The van der Waals surface area contributed by atoms with Crippen molar-refractivity contribution in [3.05, 3.63) is 70.4 Å². The van der Waals surface area contributed by atoms with Crippen molar-refractivity contribution >= 4 is 33.0 Å². The topological polar surface area (TPSA) is 107 Å². The van der Waals surface area contributed by atoms with Crippen molar-refractivity contribution in [3.8, 4) is 5.75 Å². The quantitative estimate of drug-likeness (QED) is 0.462. The first kappa shape index (κ1) is 23.8. The molecule has 0 unspecified atom stereocenters. The van der Waals surface area contributed by atoms with E-state index < -0.39 is 15.9 Å². The fourth-order valence-electron chi connectivity index (χ4n) is 2.69. The minimum absolute atomic E-state index is 0.0762. The summed E-state index contributed by atoms with van der Waals surface area (Å²) in [5, 5.41) is 4.86. The van der Waals surface area contributed by atoms with Gasteiger partial charge in [-0.3, -0.25) is 4.79 Å². The number of hydrogen-bond donors (Lipinski definition) is 2. The Bertz CT molecular complexity index is 1150. The lowest BCUT2D eigenvalue weighted by molar-refractivity contribution is 0.102. The van der Waals surface area contributed by atoms with E-state index in [2.05, 4.69) is 15.0 Å². The number of nitrogens with zero attached hydrogens (tertiary/aromatic N) is 1. The van der Waals surface area contributed by atoms with Gasteiger partial charge in [-0.05, 0) is 55.5 Å². The van der Waals surface area contributed by atoms with Crippen molar-refractivity contribution < 1.29 is 27.1 Å². The maximum absolute atomic E-state index is 12.9. The molecule has 2 aromatic carbocycles. The number of amides is 1. The number of anilines is 1. The number of methoxy groups -OCH3 is 1. The van der Waals surface area contributed by atoms with Crippen LogP contribution in [-0.4, -0.2) is 39.1 Å². The molecule has 0 spiro atoms. The van der Waals surface area contributed by atoms with Crippen LogP contribution >= 0.6 is 11.3 Å². The van der Waals surface area contributed by atoms with E-state index in [0.717, 1.165) is 0 Å². The summed E-state index contributed by atoms with van der Waals surface area (Å²) >= 11 is 1.26. The summed E-state index contributed by atoms with van der Waals surface area (Å²) in [5.41, 5.74) is 0.635. The minimum atomic E-state index is -3.70. The number of carbonyl (C=O) groups is 1. The summed E-state index contributed by atoms with van der Waals surface area (Å²) in [6, 6.07) is 11.0. The number of carbonyl (C=O) groups excluding carboxylic acids is 1. The van der Waals surface area contributed by atoms with Crippen LogP contribution in [0.3, 0.4) is 0 Å². The number of aromatic nitrogens is 1. The van der Waals surface area contributed by atoms with Crippen LogP contribution < -0.4 is 14.8 Å². The monoisotopic (exact) mass is 479 g/mol. The molecule has 0 radical (unpaired) electrons. The third kappa shape index (κ3) is 6.57. The van der Waals surface area contributed by atoms with E-state index in [1.54, 1.807) is 12.3 Å². The zero-order chi connectivity index (χ0) is 23.1. The number of halogens is 1. The lowest BCUT2D eigenvalue weighted by Crippen LogP contribution is -2.35. The molecule has 0 aliphatic rings. The molecule has 32 heavy (non-hydrogen) atoms. The Balaban J connectivity index is 1.57. The fraction of sp³-hybridized carbons (Fsp3) is 0.238. The molecule has 8 nitrogen and oxygen atoms in total. The highest BCUT2D eigenvalue weighted by Gasteiger charge is 2.18. The Labute approximate surface area is 189 Å². The number of hydrogen-bond acceptors (Lipinski definition) is 7. The molecule has 1 atom stereocenters. The number of nitrogens with one attached hydrogen (secondary N) is 2. The van der Waals surface area contributed by atoms with E-state index >= 15 is 0 Å². The Kier molecular flexibility index (Phi) is 7.91. The zero-order valence-electron chi connectivity index (χ0n) is 17.4. The largest absolute Gasteiger partial charge is 0.486 e. The summed E-state index contributed by atoms with van der Waals surface area (Å²) in [5.74, 6) is -0.293. The number of sulfonamides is 1. The lowest BCUT2D eigenvalue weighted by atomic mass is 10.3. The molecule has 0 aliphatic heterocycles. The summed E-state index contributed by atoms with van der Waals surface area (Å²) in [6.07, 6.45) is 0. The highest BCUT2D eigenvalue weighted by atomic mass is 32.2. The van der Waals surface area contributed by atoms with Crippen molar-refractivity contribution in [2.75, 3.05) is 19.0 Å². The highest BCUT2D eigenvalue weighted by molar-refractivity contribution is 7.89. The van der Waals surface area contributed by atoms with Crippen LogP contribution in [0.5, 0.6) is 5.75 Å². The maximum Gasteiger partial charge on any atom is 0.275 e. The molecule has 1 heterocycles. The minimum Gasteiger partial charge on any atom is -0.486 e. The van der Waals surface area contributed by atoms with Gasteiger partial charge in [0.1, 0.15) is 28.9 Å².